The molecular weight excluding hydrogens is 757 g/mol. The lowest BCUT2D eigenvalue weighted by Crippen LogP contribution is -2.06. The van der Waals surface area contributed by atoms with Gasteiger partial charge in [-0.15, -0.1) is 0 Å². The number of nitro benzene ring substituents is 4. The molecule has 22 heteroatoms. The normalized spacial score (nSPS) is 9.87. The molecule has 4 aromatic carbocycles. The summed E-state index contributed by atoms with van der Waals surface area (Å²) in [4.78, 5) is 73.7. The highest BCUT2D eigenvalue weighted by Crippen LogP contribution is 2.42. The molecule has 1 amide bonds. The zero-order valence-electron chi connectivity index (χ0n) is 28.8. The van der Waals surface area contributed by atoms with Crippen molar-refractivity contribution in [1.82, 2.24) is 0 Å². The first-order chi connectivity index (χ1) is 25.4. The second-order valence-corrected chi connectivity index (χ2v) is 12.2. The standard InChI is InChI=1S/C15H13N3O6S.C13H11N3O5S.C4H6O3/c1-9(19)16-12-5-4-11(24-2)8-15(12)25-14-6-3-10(17(20)21)7-13(14)18(22)23;1-21-9-3-4-10(14)13(7-9)22-12-5-2-8(15(17)18)6-11(12)16(19)20;1-3(5)7-4(2)6/h3-8H,1-2H3,(H,16,19);2-7H,14H2,1H3;1-2H3. The second-order valence-electron chi connectivity index (χ2n) is 10.1. The van der Waals surface area contributed by atoms with Crippen LogP contribution in [0.2, 0.25) is 0 Å². The van der Waals surface area contributed by atoms with Crippen molar-refractivity contribution in [3.8, 4) is 11.5 Å². The molecule has 4 rings (SSSR count). The fourth-order valence-corrected chi connectivity index (χ4v) is 5.86. The largest absolute Gasteiger partial charge is 0.497 e. The number of methoxy groups -OCH3 is 2. The average Bonchev–Trinajstić information content (AvgIpc) is 3.09. The van der Waals surface area contributed by atoms with Crippen molar-refractivity contribution in [2.45, 2.75) is 40.4 Å². The van der Waals surface area contributed by atoms with Gasteiger partial charge in [-0.25, -0.2) is 0 Å². The number of carbonyl (C=O) groups excluding carboxylic acids is 3. The van der Waals surface area contributed by atoms with Crippen molar-refractivity contribution in [2.75, 3.05) is 25.3 Å². The number of nitrogens with zero attached hydrogens (tertiary/aromatic N) is 4. The number of esters is 2. The minimum Gasteiger partial charge on any atom is -0.497 e. The first-order valence-electron chi connectivity index (χ1n) is 14.7. The van der Waals surface area contributed by atoms with Crippen LogP contribution in [0.4, 0.5) is 34.1 Å². The number of carbonyl (C=O) groups is 3. The van der Waals surface area contributed by atoms with Crippen LogP contribution in [0.3, 0.4) is 0 Å². The third-order valence-corrected chi connectivity index (χ3v) is 8.41. The monoisotopic (exact) mass is 786 g/mol. The molecule has 0 bridgehead atoms. The van der Waals surface area contributed by atoms with E-state index in [0.717, 1.165) is 35.7 Å². The predicted molar refractivity (Wildman–Crippen MR) is 195 cm³/mol. The summed E-state index contributed by atoms with van der Waals surface area (Å²) in [5, 5.41) is 46.5. The quantitative estimate of drug-likeness (QED) is 0.0510. The summed E-state index contributed by atoms with van der Waals surface area (Å²) < 4.78 is 14.2. The van der Waals surface area contributed by atoms with E-state index in [1.165, 1.54) is 59.3 Å². The minimum atomic E-state index is -0.699. The molecule has 0 saturated heterocycles. The molecule has 0 fully saturated rings. The Morgan fingerprint density at radius 3 is 1.39 bits per heavy atom. The number of hydrogen-bond acceptors (Lipinski definition) is 17. The van der Waals surface area contributed by atoms with Crippen LogP contribution in [0.15, 0.2) is 92.4 Å². The fraction of sp³-hybridized carbons (Fsp3) is 0.156. The van der Waals surface area contributed by atoms with Crippen LogP contribution >= 0.6 is 23.5 Å². The van der Waals surface area contributed by atoms with E-state index in [9.17, 15) is 54.8 Å². The molecular formula is C32H30N6O14S2. The van der Waals surface area contributed by atoms with E-state index in [2.05, 4.69) is 10.1 Å². The molecule has 20 nitrogen and oxygen atoms in total. The van der Waals surface area contributed by atoms with Crippen LogP contribution in [0.1, 0.15) is 20.8 Å². The maximum absolute atomic E-state index is 11.3. The van der Waals surface area contributed by atoms with Crippen LogP contribution in [-0.2, 0) is 19.1 Å². The van der Waals surface area contributed by atoms with Crippen LogP contribution in [0, 0.1) is 40.5 Å². The summed E-state index contributed by atoms with van der Waals surface area (Å²) in [6.07, 6.45) is 0. The molecule has 4 aromatic rings. The summed E-state index contributed by atoms with van der Waals surface area (Å²) >= 11 is 2.05. The number of nitrogens with two attached hydrogens (primary N) is 1. The number of nitrogens with one attached hydrogen (secondary N) is 1. The molecule has 0 spiro atoms. The lowest BCUT2D eigenvalue weighted by atomic mass is 10.3. The number of rotatable bonds is 11. The summed E-state index contributed by atoms with van der Waals surface area (Å²) in [6, 6.07) is 16.7. The average molecular weight is 787 g/mol. The number of nitro groups is 4. The number of anilines is 2. The molecule has 0 unspecified atom stereocenters. The van der Waals surface area contributed by atoms with Crippen LogP contribution in [0.5, 0.6) is 11.5 Å². The topological polar surface area (TPSA) is 290 Å². The lowest BCUT2D eigenvalue weighted by Gasteiger charge is -2.11. The van der Waals surface area contributed by atoms with E-state index in [1.807, 2.05) is 0 Å². The second kappa shape index (κ2) is 20.3. The molecule has 0 aliphatic heterocycles. The fourth-order valence-electron chi connectivity index (χ4n) is 3.87. The van der Waals surface area contributed by atoms with Gasteiger partial charge in [0.15, 0.2) is 0 Å². The van der Waals surface area contributed by atoms with Gasteiger partial charge >= 0.3 is 11.9 Å². The van der Waals surface area contributed by atoms with Gasteiger partial charge in [-0.2, -0.15) is 0 Å². The molecule has 0 aromatic heterocycles. The number of non-ortho nitro benzene ring substituents is 2. The number of ether oxygens (including phenoxy) is 3. The Morgan fingerprint density at radius 2 is 1.02 bits per heavy atom. The molecule has 0 heterocycles. The van der Waals surface area contributed by atoms with Gasteiger partial charge in [0.1, 0.15) is 11.5 Å². The third kappa shape index (κ3) is 13.4. The maximum atomic E-state index is 11.3. The van der Waals surface area contributed by atoms with Gasteiger partial charge in [0.05, 0.1) is 61.5 Å². The van der Waals surface area contributed by atoms with E-state index >= 15 is 0 Å². The van der Waals surface area contributed by atoms with Crippen molar-refractivity contribution in [3.63, 3.8) is 0 Å². The van der Waals surface area contributed by atoms with Crippen molar-refractivity contribution < 1.29 is 48.3 Å². The molecule has 284 valence electrons. The molecule has 0 atom stereocenters. The molecule has 0 saturated carbocycles. The van der Waals surface area contributed by atoms with E-state index < -0.39 is 37.3 Å². The highest BCUT2D eigenvalue weighted by Gasteiger charge is 2.23. The zero-order chi connectivity index (χ0) is 40.7. The smallest absolute Gasteiger partial charge is 0.310 e. The molecule has 54 heavy (non-hydrogen) atoms. The van der Waals surface area contributed by atoms with Gasteiger partial charge in [0.25, 0.3) is 22.7 Å². The predicted octanol–water partition coefficient (Wildman–Crippen LogP) is 6.96. The molecule has 0 radical (unpaired) electrons. The summed E-state index contributed by atoms with van der Waals surface area (Å²) in [7, 11) is 2.96. The van der Waals surface area contributed by atoms with Gasteiger partial charge < -0.3 is 25.3 Å². The Bertz CT molecular complexity index is 2090. The summed E-state index contributed by atoms with van der Waals surface area (Å²) in [5.74, 6) is -0.368. The van der Waals surface area contributed by atoms with Gasteiger partial charge in [0, 0.05) is 48.4 Å². The SMILES string of the molecule is CC(=O)OC(C)=O.COc1ccc(N)c(Sc2ccc([N+](=O)[O-])cc2[N+](=O)[O-])c1.COc1ccc(NC(C)=O)c(Sc2ccc([N+](=O)[O-])cc2[N+](=O)[O-])c1. The number of amides is 1. The number of hydrogen-bond donors (Lipinski definition) is 2. The Labute approximate surface area is 313 Å². The van der Waals surface area contributed by atoms with Crippen LogP contribution in [-0.4, -0.2) is 51.8 Å². The highest BCUT2D eigenvalue weighted by molar-refractivity contribution is 8.00. The van der Waals surface area contributed by atoms with Crippen molar-refractivity contribution in [2.24, 2.45) is 0 Å². The molecule has 0 aliphatic rings. The first-order valence-corrected chi connectivity index (χ1v) is 16.3. The van der Waals surface area contributed by atoms with Gasteiger partial charge in [-0.1, -0.05) is 23.5 Å². The number of benzene rings is 4. The van der Waals surface area contributed by atoms with Gasteiger partial charge in [-0.3, -0.25) is 54.8 Å². The van der Waals surface area contributed by atoms with Crippen LogP contribution in [0.25, 0.3) is 0 Å². The van der Waals surface area contributed by atoms with Gasteiger partial charge in [0.2, 0.25) is 5.91 Å². The molecule has 3 N–H and O–H groups in total. The molecule has 0 aliphatic carbocycles. The van der Waals surface area contributed by atoms with Crippen molar-refractivity contribution in [3.05, 3.63) is 113 Å². The first kappa shape index (κ1) is 43.4. The van der Waals surface area contributed by atoms with E-state index in [-0.39, 0.29) is 32.8 Å². The Kier molecular flexibility index (Phi) is 16.3. The van der Waals surface area contributed by atoms with E-state index in [0.29, 0.717) is 32.7 Å². The van der Waals surface area contributed by atoms with Crippen LogP contribution < -0.4 is 20.5 Å². The maximum Gasteiger partial charge on any atom is 0.310 e. The Balaban J connectivity index is 0.000000320. The minimum absolute atomic E-state index is 0.204. The highest BCUT2D eigenvalue weighted by atomic mass is 32.2. The van der Waals surface area contributed by atoms with Crippen molar-refractivity contribution >= 4 is 75.5 Å². The Hall–Kier alpha value is -6.81. The zero-order valence-corrected chi connectivity index (χ0v) is 30.5. The van der Waals surface area contributed by atoms with E-state index in [1.54, 1.807) is 36.4 Å². The van der Waals surface area contributed by atoms with Crippen molar-refractivity contribution in [1.29, 1.82) is 0 Å². The van der Waals surface area contributed by atoms with E-state index in [4.69, 9.17) is 15.2 Å². The number of nitrogen functional groups attached to an aromatic ring is 1. The van der Waals surface area contributed by atoms with Gasteiger partial charge in [-0.05, 0) is 48.5 Å². The Morgan fingerprint density at radius 1 is 0.593 bits per heavy atom. The third-order valence-electron chi connectivity index (χ3n) is 6.15. The summed E-state index contributed by atoms with van der Waals surface area (Å²) in [5.41, 5.74) is 5.27. The lowest BCUT2D eigenvalue weighted by molar-refractivity contribution is -0.396. The summed E-state index contributed by atoms with van der Waals surface area (Å²) in [6.45, 7) is 3.70.